The molecular weight excluding hydrogens is 391 g/mol. The Hall–Kier alpha value is -3.01. The number of alkyl halides is 1. The molecule has 0 aliphatic heterocycles. The van der Waals surface area contributed by atoms with Gasteiger partial charge in [0.2, 0.25) is 12.0 Å². The van der Waals surface area contributed by atoms with Gasteiger partial charge in [-0.05, 0) is 32.3 Å². The highest BCUT2D eigenvalue weighted by Gasteiger charge is 2.42. The molecular formula is C20H27FN6O3. The lowest BCUT2D eigenvalue weighted by Gasteiger charge is -2.24. The van der Waals surface area contributed by atoms with Crippen molar-refractivity contribution >= 4 is 18.0 Å². The van der Waals surface area contributed by atoms with Crippen LogP contribution in [0.2, 0.25) is 0 Å². The molecule has 2 heterocycles. The minimum Gasteiger partial charge on any atom is -0.386 e. The maximum absolute atomic E-state index is 14.1. The molecule has 4 N–H and O–H groups in total. The van der Waals surface area contributed by atoms with Crippen molar-refractivity contribution < 1.29 is 14.3 Å². The van der Waals surface area contributed by atoms with Crippen LogP contribution in [0.15, 0.2) is 29.3 Å². The van der Waals surface area contributed by atoms with Crippen LogP contribution in [-0.4, -0.2) is 58.3 Å². The van der Waals surface area contributed by atoms with Crippen molar-refractivity contribution in [2.24, 2.45) is 0 Å². The number of amides is 1. The molecule has 1 fully saturated rings. The number of hydrogen-bond donors (Lipinski definition) is 4. The number of rotatable bonds is 12. The summed E-state index contributed by atoms with van der Waals surface area (Å²) in [6.45, 7) is 3.30. The van der Waals surface area contributed by atoms with E-state index < -0.39 is 11.8 Å². The third-order valence-electron chi connectivity index (χ3n) is 5.20. The standard InChI is InChI=1S/C20H27FN6O3/c1-14-15(2-3-19(30)26-14)16(29)11-23-17-10-18(25-12-24-17)27(9-7-22-13-28)8-6-20(21)4-5-20/h2-3,10,12-13,16,29H,4-9,11H2,1H3,(H,22,28)(H,26,30)(H,23,24,25). The van der Waals surface area contributed by atoms with Crippen LogP contribution >= 0.6 is 0 Å². The Balaban J connectivity index is 1.64. The first kappa shape index (κ1) is 21.7. The van der Waals surface area contributed by atoms with Crippen molar-refractivity contribution in [2.75, 3.05) is 36.4 Å². The van der Waals surface area contributed by atoms with Crippen LogP contribution in [0.4, 0.5) is 16.0 Å². The number of aryl methyl sites for hydroxylation is 1. The molecule has 1 atom stereocenters. The fourth-order valence-corrected chi connectivity index (χ4v) is 3.20. The van der Waals surface area contributed by atoms with Gasteiger partial charge in [-0.25, -0.2) is 14.4 Å². The molecule has 30 heavy (non-hydrogen) atoms. The fourth-order valence-electron chi connectivity index (χ4n) is 3.20. The number of aromatic amines is 1. The number of carbonyl (C=O) groups is 1. The predicted molar refractivity (Wildman–Crippen MR) is 111 cm³/mol. The first-order chi connectivity index (χ1) is 14.4. The number of nitrogens with one attached hydrogen (secondary N) is 3. The molecule has 9 nitrogen and oxygen atoms in total. The molecule has 3 rings (SSSR count). The maximum atomic E-state index is 14.1. The second kappa shape index (κ2) is 9.66. The molecule has 0 spiro atoms. The fraction of sp³-hybridized carbons (Fsp3) is 0.500. The summed E-state index contributed by atoms with van der Waals surface area (Å²) in [5.41, 5.74) is -0.0737. The molecule has 1 saturated carbocycles. The summed E-state index contributed by atoms with van der Waals surface area (Å²) in [4.78, 5) is 34.9. The zero-order valence-electron chi connectivity index (χ0n) is 16.9. The molecule has 2 aromatic heterocycles. The molecule has 10 heteroatoms. The second-order valence-electron chi connectivity index (χ2n) is 7.52. The number of carbonyl (C=O) groups excluding carboxylic acids is 1. The Bertz CT molecular complexity index is 917. The lowest BCUT2D eigenvalue weighted by atomic mass is 10.1. The molecule has 1 unspecified atom stereocenters. The van der Waals surface area contributed by atoms with Gasteiger partial charge in [-0.2, -0.15) is 0 Å². The average molecular weight is 418 g/mol. The van der Waals surface area contributed by atoms with E-state index in [4.69, 9.17) is 0 Å². The lowest BCUT2D eigenvalue weighted by Crippen LogP contribution is -2.34. The van der Waals surface area contributed by atoms with Gasteiger partial charge < -0.3 is 25.6 Å². The Morgan fingerprint density at radius 1 is 1.37 bits per heavy atom. The van der Waals surface area contributed by atoms with Crippen LogP contribution in [-0.2, 0) is 4.79 Å². The number of aliphatic hydroxyl groups excluding tert-OH is 1. The van der Waals surface area contributed by atoms with Gasteiger partial charge in [0.05, 0.1) is 6.10 Å². The number of aromatic nitrogens is 3. The van der Waals surface area contributed by atoms with Gasteiger partial charge in [-0.3, -0.25) is 9.59 Å². The average Bonchev–Trinajstić information content (AvgIpc) is 3.46. The van der Waals surface area contributed by atoms with Gasteiger partial charge in [0.15, 0.2) is 0 Å². The molecule has 0 radical (unpaired) electrons. The first-order valence-electron chi connectivity index (χ1n) is 9.95. The Labute approximate surface area is 173 Å². The van der Waals surface area contributed by atoms with Crippen LogP contribution in [0.3, 0.4) is 0 Å². The Morgan fingerprint density at radius 2 is 2.17 bits per heavy atom. The van der Waals surface area contributed by atoms with Gasteiger partial charge >= 0.3 is 0 Å². The number of halogens is 1. The number of aliphatic hydroxyl groups is 1. The molecule has 162 valence electrons. The second-order valence-corrected chi connectivity index (χ2v) is 7.52. The van der Waals surface area contributed by atoms with Gasteiger partial charge in [0.1, 0.15) is 23.6 Å². The predicted octanol–water partition coefficient (Wildman–Crippen LogP) is 1.06. The van der Waals surface area contributed by atoms with E-state index in [1.807, 2.05) is 4.90 Å². The maximum Gasteiger partial charge on any atom is 0.248 e. The number of anilines is 2. The Kier molecular flexibility index (Phi) is 6.99. The number of pyridine rings is 1. The minimum absolute atomic E-state index is 0.184. The summed E-state index contributed by atoms with van der Waals surface area (Å²) in [6.07, 6.45) is 2.78. The summed E-state index contributed by atoms with van der Waals surface area (Å²) in [6, 6.07) is 4.70. The lowest BCUT2D eigenvalue weighted by molar-refractivity contribution is -0.109. The molecule has 1 aliphatic rings. The van der Waals surface area contributed by atoms with Crippen LogP contribution in [0.25, 0.3) is 0 Å². The van der Waals surface area contributed by atoms with E-state index in [0.29, 0.717) is 68.2 Å². The quantitative estimate of drug-likeness (QED) is 0.300. The highest BCUT2D eigenvalue weighted by atomic mass is 19.1. The monoisotopic (exact) mass is 418 g/mol. The van der Waals surface area contributed by atoms with Crippen molar-refractivity contribution in [3.05, 3.63) is 46.1 Å². The molecule has 1 aliphatic carbocycles. The topological polar surface area (TPSA) is 123 Å². The highest BCUT2D eigenvalue weighted by molar-refractivity contribution is 5.49. The largest absolute Gasteiger partial charge is 0.386 e. The van der Waals surface area contributed by atoms with Crippen LogP contribution in [0.1, 0.15) is 36.6 Å². The smallest absolute Gasteiger partial charge is 0.248 e. The number of nitrogens with zero attached hydrogens (tertiary/aromatic N) is 3. The third kappa shape index (κ3) is 5.99. The molecule has 0 bridgehead atoms. The van der Waals surface area contributed by atoms with Gasteiger partial charge in [0, 0.05) is 49.6 Å². The van der Waals surface area contributed by atoms with E-state index in [0.717, 1.165) is 0 Å². The van der Waals surface area contributed by atoms with Crippen LogP contribution in [0, 0.1) is 6.92 Å². The summed E-state index contributed by atoms with van der Waals surface area (Å²) < 4.78 is 14.1. The van der Waals surface area contributed by atoms with E-state index in [9.17, 15) is 19.1 Å². The normalized spacial score (nSPS) is 15.3. The van der Waals surface area contributed by atoms with Gasteiger partial charge in [0.25, 0.3) is 0 Å². The van der Waals surface area contributed by atoms with E-state index in [1.165, 1.54) is 12.4 Å². The Morgan fingerprint density at radius 3 is 2.87 bits per heavy atom. The van der Waals surface area contributed by atoms with E-state index >= 15 is 0 Å². The zero-order chi connectivity index (χ0) is 21.6. The van der Waals surface area contributed by atoms with E-state index in [1.54, 1.807) is 19.1 Å². The van der Waals surface area contributed by atoms with Crippen LogP contribution in [0.5, 0.6) is 0 Å². The molecule has 2 aromatic rings. The molecule has 0 aromatic carbocycles. The van der Waals surface area contributed by atoms with Crippen molar-refractivity contribution in [3.8, 4) is 0 Å². The van der Waals surface area contributed by atoms with Gasteiger partial charge in [-0.15, -0.1) is 0 Å². The van der Waals surface area contributed by atoms with Crippen molar-refractivity contribution in [1.29, 1.82) is 0 Å². The highest BCUT2D eigenvalue weighted by Crippen LogP contribution is 2.43. The van der Waals surface area contributed by atoms with Gasteiger partial charge in [-0.1, -0.05) is 0 Å². The molecule has 1 amide bonds. The number of hydrogen-bond acceptors (Lipinski definition) is 7. The van der Waals surface area contributed by atoms with Crippen molar-refractivity contribution in [3.63, 3.8) is 0 Å². The number of H-pyrrole nitrogens is 1. The van der Waals surface area contributed by atoms with E-state index in [-0.39, 0.29) is 12.1 Å². The van der Waals surface area contributed by atoms with E-state index in [2.05, 4.69) is 25.6 Å². The minimum atomic E-state index is -1.08. The summed E-state index contributed by atoms with van der Waals surface area (Å²) in [5, 5.41) is 16.1. The van der Waals surface area contributed by atoms with Crippen molar-refractivity contribution in [1.82, 2.24) is 20.3 Å². The van der Waals surface area contributed by atoms with Crippen LogP contribution < -0.4 is 21.1 Å². The SMILES string of the molecule is Cc1[nH]c(=O)ccc1C(O)CNc1cc(N(CCNC=O)CCC2(F)CC2)ncn1. The van der Waals surface area contributed by atoms with Crippen molar-refractivity contribution in [2.45, 2.75) is 38.0 Å². The first-order valence-corrected chi connectivity index (χ1v) is 9.95. The summed E-state index contributed by atoms with van der Waals surface area (Å²) in [5.74, 6) is 1.12. The molecule has 0 saturated heterocycles. The summed E-state index contributed by atoms with van der Waals surface area (Å²) >= 11 is 0. The zero-order valence-corrected chi connectivity index (χ0v) is 16.9. The summed E-state index contributed by atoms with van der Waals surface area (Å²) in [7, 11) is 0. The third-order valence-corrected chi connectivity index (χ3v) is 5.20.